The molecule has 2 nitrogen and oxygen atoms in total. The lowest BCUT2D eigenvalue weighted by atomic mass is 9.93. The molecular formula is C14H17ClN2. The van der Waals surface area contributed by atoms with Gasteiger partial charge in [-0.25, -0.2) is 0 Å². The summed E-state index contributed by atoms with van der Waals surface area (Å²) in [6.07, 6.45) is 4.88. The standard InChI is InChI=1S/C14H16N2.ClH/c1-15-14-10-6-2-4-8-12(10)16-13-9-5-3-7-11(13)14;/h2,4,6,8H,3,5,7,9H2,1H3,(H,15,16);1H. The molecule has 0 unspecified atom stereocenters. The minimum Gasteiger partial charge on any atom is -0.387 e. The molecule has 0 amide bonds. The number of benzene rings is 1. The molecule has 3 heteroatoms. The first kappa shape index (κ1) is 12.2. The van der Waals surface area contributed by atoms with Crippen LogP contribution >= 0.6 is 12.4 Å². The first-order valence-corrected chi connectivity index (χ1v) is 5.98. The normalized spacial score (nSPS) is 13.9. The van der Waals surface area contributed by atoms with E-state index < -0.39 is 0 Å². The zero-order chi connectivity index (χ0) is 11.0. The van der Waals surface area contributed by atoms with Crippen LogP contribution in [0.1, 0.15) is 24.1 Å². The SMILES string of the molecule is CNc1c2c(nc3ccccc13)CCCC2.Cl. The van der Waals surface area contributed by atoms with Crippen LogP contribution in [0.4, 0.5) is 5.69 Å². The van der Waals surface area contributed by atoms with E-state index in [2.05, 4.69) is 29.6 Å². The molecule has 0 saturated heterocycles. The molecule has 0 aliphatic heterocycles. The number of nitrogens with one attached hydrogen (secondary N) is 1. The van der Waals surface area contributed by atoms with E-state index in [-0.39, 0.29) is 12.4 Å². The summed E-state index contributed by atoms with van der Waals surface area (Å²) in [5.74, 6) is 0. The van der Waals surface area contributed by atoms with E-state index in [0.717, 1.165) is 11.9 Å². The van der Waals surface area contributed by atoms with Crippen LogP contribution in [0.5, 0.6) is 0 Å². The number of anilines is 1. The number of hydrogen-bond acceptors (Lipinski definition) is 2. The lowest BCUT2D eigenvalue weighted by Crippen LogP contribution is -2.09. The predicted molar refractivity (Wildman–Crippen MR) is 75.2 cm³/mol. The molecule has 1 aromatic heterocycles. The van der Waals surface area contributed by atoms with Crippen LogP contribution in [-0.4, -0.2) is 12.0 Å². The molecule has 0 radical (unpaired) electrons. The molecular weight excluding hydrogens is 232 g/mol. The van der Waals surface area contributed by atoms with E-state index in [1.165, 1.54) is 41.6 Å². The Morgan fingerprint density at radius 1 is 1.12 bits per heavy atom. The number of nitrogens with zero attached hydrogens (tertiary/aromatic N) is 1. The molecule has 2 aromatic rings. The fourth-order valence-electron chi connectivity index (χ4n) is 2.66. The maximum absolute atomic E-state index is 4.78. The highest BCUT2D eigenvalue weighted by atomic mass is 35.5. The lowest BCUT2D eigenvalue weighted by Gasteiger charge is -2.20. The second kappa shape index (κ2) is 4.92. The van der Waals surface area contributed by atoms with Gasteiger partial charge < -0.3 is 5.32 Å². The fraction of sp³-hybridized carbons (Fsp3) is 0.357. The molecule has 0 spiro atoms. The molecule has 1 N–H and O–H groups in total. The molecule has 0 atom stereocenters. The number of para-hydroxylation sites is 1. The average molecular weight is 249 g/mol. The molecule has 0 saturated carbocycles. The third-order valence-corrected chi connectivity index (χ3v) is 3.42. The van der Waals surface area contributed by atoms with Gasteiger partial charge in [-0.15, -0.1) is 12.4 Å². The van der Waals surface area contributed by atoms with E-state index in [1.807, 2.05) is 7.05 Å². The highest BCUT2D eigenvalue weighted by molar-refractivity contribution is 5.93. The molecule has 0 fully saturated rings. The van der Waals surface area contributed by atoms with Gasteiger partial charge in [-0.2, -0.15) is 0 Å². The van der Waals surface area contributed by atoms with Crippen molar-refractivity contribution >= 4 is 29.0 Å². The highest BCUT2D eigenvalue weighted by Crippen LogP contribution is 2.32. The van der Waals surface area contributed by atoms with Gasteiger partial charge >= 0.3 is 0 Å². The van der Waals surface area contributed by atoms with Crippen LogP contribution < -0.4 is 5.32 Å². The monoisotopic (exact) mass is 248 g/mol. The van der Waals surface area contributed by atoms with Crippen molar-refractivity contribution in [2.75, 3.05) is 12.4 Å². The van der Waals surface area contributed by atoms with Gasteiger partial charge in [0.1, 0.15) is 0 Å². The number of aromatic nitrogens is 1. The van der Waals surface area contributed by atoms with E-state index in [1.54, 1.807) is 0 Å². The fourth-order valence-corrected chi connectivity index (χ4v) is 2.66. The molecule has 1 heterocycles. The first-order chi connectivity index (χ1) is 7.90. The van der Waals surface area contributed by atoms with Crippen molar-refractivity contribution in [1.82, 2.24) is 4.98 Å². The van der Waals surface area contributed by atoms with Crippen LogP contribution in [0.2, 0.25) is 0 Å². The van der Waals surface area contributed by atoms with Crippen molar-refractivity contribution in [2.24, 2.45) is 0 Å². The zero-order valence-electron chi connectivity index (χ0n) is 9.99. The summed E-state index contributed by atoms with van der Waals surface area (Å²) in [5.41, 5.74) is 5.15. The van der Waals surface area contributed by atoms with E-state index >= 15 is 0 Å². The zero-order valence-corrected chi connectivity index (χ0v) is 10.8. The summed E-state index contributed by atoms with van der Waals surface area (Å²) in [6.45, 7) is 0. The number of pyridine rings is 1. The van der Waals surface area contributed by atoms with Crippen LogP contribution in [-0.2, 0) is 12.8 Å². The number of hydrogen-bond donors (Lipinski definition) is 1. The summed E-state index contributed by atoms with van der Waals surface area (Å²) < 4.78 is 0. The molecule has 17 heavy (non-hydrogen) atoms. The first-order valence-electron chi connectivity index (χ1n) is 5.98. The molecule has 1 aromatic carbocycles. The van der Waals surface area contributed by atoms with Gasteiger partial charge in [-0.3, -0.25) is 4.98 Å². The van der Waals surface area contributed by atoms with Gasteiger partial charge in [-0.05, 0) is 37.3 Å². The number of halogens is 1. The summed E-state index contributed by atoms with van der Waals surface area (Å²) in [5, 5.41) is 4.61. The molecule has 1 aliphatic rings. The Balaban J connectivity index is 0.00000108. The van der Waals surface area contributed by atoms with E-state index in [9.17, 15) is 0 Å². The van der Waals surface area contributed by atoms with Crippen molar-refractivity contribution in [3.05, 3.63) is 35.5 Å². The van der Waals surface area contributed by atoms with Crippen molar-refractivity contribution in [2.45, 2.75) is 25.7 Å². The minimum atomic E-state index is 0. The smallest absolute Gasteiger partial charge is 0.0726 e. The largest absolute Gasteiger partial charge is 0.387 e. The molecule has 3 rings (SSSR count). The minimum absolute atomic E-state index is 0. The van der Waals surface area contributed by atoms with Crippen LogP contribution in [0.3, 0.4) is 0 Å². The van der Waals surface area contributed by atoms with Crippen molar-refractivity contribution in [3.8, 4) is 0 Å². The van der Waals surface area contributed by atoms with Gasteiger partial charge in [0.25, 0.3) is 0 Å². The van der Waals surface area contributed by atoms with Crippen molar-refractivity contribution in [3.63, 3.8) is 0 Å². The molecule has 90 valence electrons. The summed E-state index contributed by atoms with van der Waals surface area (Å²) >= 11 is 0. The van der Waals surface area contributed by atoms with Gasteiger partial charge in [0.05, 0.1) is 5.52 Å². The Hall–Kier alpha value is -1.28. The average Bonchev–Trinajstić information content (AvgIpc) is 2.36. The van der Waals surface area contributed by atoms with Crippen LogP contribution in [0, 0.1) is 0 Å². The predicted octanol–water partition coefficient (Wildman–Crippen LogP) is 3.58. The summed E-state index contributed by atoms with van der Waals surface area (Å²) in [7, 11) is 2.01. The highest BCUT2D eigenvalue weighted by Gasteiger charge is 2.16. The Kier molecular flexibility index (Phi) is 3.53. The Morgan fingerprint density at radius 2 is 1.88 bits per heavy atom. The van der Waals surface area contributed by atoms with Crippen LogP contribution in [0.25, 0.3) is 10.9 Å². The van der Waals surface area contributed by atoms with Gasteiger partial charge in [0, 0.05) is 23.8 Å². The Bertz CT molecular complexity index is 537. The molecule has 0 bridgehead atoms. The third-order valence-electron chi connectivity index (χ3n) is 3.42. The van der Waals surface area contributed by atoms with E-state index in [0.29, 0.717) is 0 Å². The van der Waals surface area contributed by atoms with Gasteiger partial charge in [0.15, 0.2) is 0 Å². The molecule has 1 aliphatic carbocycles. The Labute approximate surface area is 108 Å². The van der Waals surface area contributed by atoms with Gasteiger partial charge in [0.2, 0.25) is 0 Å². The summed E-state index contributed by atoms with van der Waals surface area (Å²) in [6, 6.07) is 8.40. The van der Waals surface area contributed by atoms with E-state index in [4.69, 9.17) is 4.98 Å². The van der Waals surface area contributed by atoms with Crippen molar-refractivity contribution in [1.29, 1.82) is 0 Å². The second-order valence-corrected chi connectivity index (χ2v) is 4.39. The number of aryl methyl sites for hydroxylation is 1. The third kappa shape index (κ3) is 1.98. The quantitative estimate of drug-likeness (QED) is 0.835. The second-order valence-electron chi connectivity index (χ2n) is 4.39. The van der Waals surface area contributed by atoms with Gasteiger partial charge in [-0.1, -0.05) is 18.2 Å². The topological polar surface area (TPSA) is 24.9 Å². The van der Waals surface area contributed by atoms with Crippen molar-refractivity contribution < 1.29 is 0 Å². The maximum atomic E-state index is 4.78. The number of fused-ring (bicyclic) bond motifs is 2. The lowest BCUT2D eigenvalue weighted by molar-refractivity contribution is 0.672. The number of rotatable bonds is 1. The maximum Gasteiger partial charge on any atom is 0.0726 e. The Morgan fingerprint density at radius 3 is 2.71 bits per heavy atom. The van der Waals surface area contributed by atoms with Crippen LogP contribution in [0.15, 0.2) is 24.3 Å². The summed E-state index contributed by atoms with van der Waals surface area (Å²) in [4.78, 5) is 4.78.